The Balaban J connectivity index is 0.00000132. The average molecular weight is 422 g/mol. The topological polar surface area (TPSA) is 81.8 Å². The fourth-order valence-electron chi connectivity index (χ4n) is 4.24. The summed E-state index contributed by atoms with van der Waals surface area (Å²) in [6.45, 7) is 6.90. The van der Waals surface area contributed by atoms with Crippen LogP contribution in [-0.2, 0) is 0 Å². The van der Waals surface area contributed by atoms with Crippen molar-refractivity contribution in [3.05, 3.63) is 53.9 Å². The Labute approximate surface area is 185 Å². The zero-order chi connectivity index (χ0) is 22.2. The molecule has 166 valence electrons. The van der Waals surface area contributed by atoms with E-state index in [0.29, 0.717) is 11.5 Å². The number of rotatable bonds is 6. The summed E-state index contributed by atoms with van der Waals surface area (Å²) in [5, 5.41) is 9.71. The summed E-state index contributed by atoms with van der Waals surface area (Å²) in [4.78, 5) is 21.1. The molecule has 6 nitrogen and oxygen atoms in total. The molecular formula is C25H35N5O. The molecule has 4 N–H and O–H groups in total. The molecule has 6 heteroatoms. The standard InChI is InChI=1S/C23H29N5O.C2H6/c1-3-25-18-12-11-16(14-21(18)24-2)23(29)26-17-8-6-7-15(13-17)22-27-19-9-4-5-10-20(19)28-22;1-2/h4-5,9-12,14-15,17,24-25H,3,6-8,13H2,1-2H3,(H,26,29)(H,27,28);1-2H3. The fourth-order valence-corrected chi connectivity index (χ4v) is 4.24. The van der Waals surface area contributed by atoms with Crippen molar-refractivity contribution in [3.63, 3.8) is 0 Å². The molecule has 2 atom stereocenters. The van der Waals surface area contributed by atoms with Crippen LogP contribution in [-0.4, -0.2) is 35.5 Å². The summed E-state index contributed by atoms with van der Waals surface area (Å²) in [6.07, 6.45) is 4.12. The van der Waals surface area contributed by atoms with E-state index in [2.05, 4.69) is 33.9 Å². The van der Waals surface area contributed by atoms with Crippen molar-refractivity contribution in [2.75, 3.05) is 24.2 Å². The van der Waals surface area contributed by atoms with E-state index in [4.69, 9.17) is 4.98 Å². The number of hydrogen-bond donors (Lipinski definition) is 4. The molecule has 0 radical (unpaired) electrons. The molecule has 1 amide bonds. The zero-order valence-corrected chi connectivity index (χ0v) is 19.1. The normalized spacial score (nSPS) is 18.1. The van der Waals surface area contributed by atoms with Gasteiger partial charge in [0.25, 0.3) is 5.91 Å². The van der Waals surface area contributed by atoms with Crippen LogP contribution in [0.4, 0.5) is 11.4 Å². The van der Waals surface area contributed by atoms with Crippen LogP contribution in [0, 0.1) is 0 Å². The molecule has 1 aromatic heterocycles. The molecule has 1 aliphatic rings. The first-order valence-corrected chi connectivity index (χ1v) is 11.5. The van der Waals surface area contributed by atoms with Gasteiger partial charge in [-0.2, -0.15) is 0 Å². The van der Waals surface area contributed by atoms with Crippen LogP contribution < -0.4 is 16.0 Å². The highest BCUT2D eigenvalue weighted by Crippen LogP contribution is 2.32. The Bertz CT molecular complexity index is 963. The second-order valence-electron chi connectivity index (χ2n) is 7.71. The van der Waals surface area contributed by atoms with Gasteiger partial charge in [-0.3, -0.25) is 4.79 Å². The Kier molecular flexibility index (Phi) is 7.93. The van der Waals surface area contributed by atoms with E-state index < -0.39 is 0 Å². The summed E-state index contributed by atoms with van der Waals surface area (Å²) in [7, 11) is 1.87. The molecule has 1 saturated carbocycles. The van der Waals surface area contributed by atoms with Crippen molar-refractivity contribution in [1.82, 2.24) is 15.3 Å². The van der Waals surface area contributed by atoms with Gasteiger partial charge in [0.15, 0.2) is 0 Å². The van der Waals surface area contributed by atoms with Crippen LogP contribution in [0.2, 0.25) is 0 Å². The summed E-state index contributed by atoms with van der Waals surface area (Å²) >= 11 is 0. The third-order valence-corrected chi connectivity index (χ3v) is 5.72. The van der Waals surface area contributed by atoms with Gasteiger partial charge in [0.2, 0.25) is 0 Å². The number of para-hydroxylation sites is 2. The van der Waals surface area contributed by atoms with E-state index in [1.165, 1.54) is 0 Å². The second-order valence-corrected chi connectivity index (χ2v) is 7.71. The van der Waals surface area contributed by atoms with Gasteiger partial charge in [0, 0.05) is 31.1 Å². The minimum atomic E-state index is -0.0141. The molecule has 2 aromatic carbocycles. The molecule has 4 rings (SSSR count). The number of H-pyrrole nitrogens is 1. The van der Waals surface area contributed by atoms with Crippen molar-refractivity contribution >= 4 is 28.3 Å². The van der Waals surface area contributed by atoms with Crippen LogP contribution in [0.1, 0.15) is 68.6 Å². The van der Waals surface area contributed by atoms with Gasteiger partial charge in [-0.15, -0.1) is 0 Å². The number of anilines is 2. The first kappa shape index (κ1) is 22.7. The van der Waals surface area contributed by atoms with Gasteiger partial charge in [-0.1, -0.05) is 32.4 Å². The minimum absolute atomic E-state index is 0.0141. The fraction of sp³-hybridized carbons (Fsp3) is 0.440. The quantitative estimate of drug-likeness (QED) is 0.422. The smallest absolute Gasteiger partial charge is 0.251 e. The summed E-state index contributed by atoms with van der Waals surface area (Å²) in [5.41, 5.74) is 4.71. The van der Waals surface area contributed by atoms with E-state index in [9.17, 15) is 4.79 Å². The van der Waals surface area contributed by atoms with E-state index in [1.807, 2.05) is 57.3 Å². The largest absolute Gasteiger partial charge is 0.386 e. The number of hydrogen-bond acceptors (Lipinski definition) is 4. The minimum Gasteiger partial charge on any atom is -0.386 e. The van der Waals surface area contributed by atoms with E-state index in [0.717, 1.165) is 60.5 Å². The summed E-state index contributed by atoms with van der Waals surface area (Å²) < 4.78 is 0. The number of amides is 1. The molecule has 1 aliphatic carbocycles. The maximum Gasteiger partial charge on any atom is 0.251 e. The Morgan fingerprint density at radius 2 is 1.94 bits per heavy atom. The van der Waals surface area contributed by atoms with E-state index >= 15 is 0 Å². The summed E-state index contributed by atoms with van der Waals surface area (Å²) in [5.74, 6) is 1.38. The first-order valence-electron chi connectivity index (χ1n) is 11.5. The predicted molar refractivity (Wildman–Crippen MR) is 130 cm³/mol. The number of nitrogens with one attached hydrogen (secondary N) is 4. The third kappa shape index (κ3) is 5.37. The Hall–Kier alpha value is -3.02. The molecular weight excluding hydrogens is 386 g/mol. The molecule has 31 heavy (non-hydrogen) atoms. The maximum atomic E-state index is 12.9. The van der Waals surface area contributed by atoms with Crippen LogP contribution >= 0.6 is 0 Å². The van der Waals surface area contributed by atoms with E-state index in [1.54, 1.807) is 0 Å². The lowest BCUT2D eigenvalue weighted by molar-refractivity contribution is 0.0924. The van der Waals surface area contributed by atoms with Crippen LogP contribution in [0.3, 0.4) is 0 Å². The number of benzene rings is 2. The van der Waals surface area contributed by atoms with Crippen molar-refractivity contribution in [1.29, 1.82) is 0 Å². The predicted octanol–water partition coefficient (Wildman–Crippen LogP) is 5.52. The van der Waals surface area contributed by atoms with Gasteiger partial charge in [-0.05, 0) is 56.5 Å². The first-order chi connectivity index (χ1) is 15.2. The molecule has 2 unspecified atom stereocenters. The number of nitrogens with zero attached hydrogens (tertiary/aromatic N) is 1. The van der Waals surface area contributed by atoms with Gasteiger partial charge in [0.05, 0.1) is 22.4 Å². The lowest BCUT2D eigenvalue weighted by atomic mass is 9.85. The molecule has 3 aromatic rings. The highest BCUT2D eigenvalue weighted by atomic mass is 16.1. The van der Waals surface area contributed by atoms with Gasteiger partial charge in [-0.25, -0.2) is 4.98 Å². The SMILES string of the molecule is CC.CCNc1ccc(C(=O)NC2CCCC(c3nc4ccccc4[nH]3)C2)cc1NC. The van der Waals surface area contributed by atoms with Crippen molar-refractivity contribution in [2.24, 2.45) is 0 Å². The van der Waals surface area contributed by atoms with Gasteiger partial charge >= 0.3 is 0 Å². The summed E-state index contributed by atoms with van der Waals surface area (Å²) in [6, 6.07) is 14.1. The van der Waals surface area contributed by atoms with Crippen molar-refractivity contribution in [3.8, 4) is 0 Å². The molecule has 0 saturated heterocycles. The Morgan fingerprint density at radius 1 is 1.13 bits per heavy atom. The zero-order valence-electron chi connectivity index (χ0n) is 19.1. The molecule has 1 heterocycles. The number of fused-ring (bicyclic) bond motifs is 1. The lowest BCUT2D eigenvalue weighted by Crippen LogP contribution is -2.38. The van der Waals surface area contributed by atoms with Crippen molar-refractivity contribution < 1.29 is 4.79 Å². The third-order valence-electron chi connectivity index (χ3n) is 5.72. The molecule has 0 aliphatic heterocycles. The number of aromatic amines is 1. The average Bonchev–Trinajstić information content (AvgIpc) is 3.25. The van der Waals surface area contributed by atoms with Gasteiger partial charge < -0.3 is 20.9 Å². The van der Waals surface area contributed by atoms with E-state index in [-0.39, 0.29) is 11.9 Å². The highest BCUT2D eigenvalue weighted by molar-refractivity contribution is 5.96. The second kappa shape index (κ2) is 10.8. The van der Waals surface area contributed by atoms with Gasteiger partial charge in [0.1, 0.15) is 5.82 Å². The van der Waals surface area contributed by atoms with Crippen molar-refractivity contribution in [2.45, 2.75) is 58.4 Å². The molecule has 0 bridgehead atoms. The van der Waals surface area contributed by atoms with Crippen LogP contribution in [0.15, 0.2) is 42.5 Å². The monoisotopic (exact) mass is 421 g/mol. The molecule has 1 fully saturated rings. The highest BCUT2D eigenvalue weighted by Gasteiger charge is 2.27. The number of carbonyl (C=O) groups excluding carboxylic acids is 1. The molecule has 0 spiro atoms. The number of carbonyl (C=O) groups is 1. The number of aromatic nitrogens is 2. The van der Waals surface area contributed by atoms with Crippen LogP contribution in [0.5, 0.6) is 0 Å². The Morgan fingerprint density at radius 3 is 2.68 bits per heavy atom. The maximum absolute atomic E-state index is 12.9. The number of imidazole rings is 1. The lowest BCUT2D eigenvalue weighted by Gasteiger charge is -2.28. The van der Waals surface area contributed by atoms with Crippen LogP contribution in [0.25, 0.3) is 11.0 Å².